The molecule has 0 bridgehead atoms. The van der Waals surface area contributed by atoms with E-state index in [4.69, 9.17) is 9.52 Å². The van der Waals surface area contributed by atoms with E-state index in [9.17, 15) is 0 Å². The molecule has 1 aromatic heterocycles. The van der Waals surface area contributed by atoms with Gasteiger partial charge >= 0.3 is 0 Å². The highest BCUT2D eigenvalue weighted by atomic mass is 16.3. The Morgan fingerprint density at radius 3 is 2.80 bits per heavy atom. The lowest BCUT2D eigenvalue weighted by atomic mass is 10.2. The zero-order chi connectivity index (χ0) is 7.56. The lowest BCUT2D eigenvalue weighted by molar-refractivity contribution is 0.279. The molecule has 54 valence electrons. The van der Waals surface area contributed by atoms with Crippen LogP contribution in [-0.4, -0.2) is 5.11 Å². The third kappa shape index (κ3) is 1.11. The topological polar surface area (TPSA) is 33.4 Å². The summed E-state index contributed by atoms with van der Waals surface area (Å²) < 4.78 is 5.18. The van der Waals surface area contributed by atoms with Crippen LogP contribution in [-0.2, 0) is 6.61 Å². The summed E-state index contributed by atoms with van der Waals surface area (Å²) in [5.74, 6) is 1.47. The van der Waals surface area contributed by atoms with Crippen molar-refractivity contribution in [1.29, 1.82) is 0 Å². The van der Waals surface area contributed by atoms with E-state index in [2.05, 4.69) is 6.58 Å². The second kappa shape index (κ2) is 2.71. The minimum absolute atomic E-state index is 0.0309. The van der Waals surface area contributed by atoms with E-state index in [0.717, 1.165) is 11.3 Å². The minimum Gasteiger partial charge on any atom is -0.462 e. The van der Waals surface area contributed by atoms with Crippen LogP contribution in [0.4, 0.5) is 0 Å². The molecule has 0 amide bonds. The normalized spacial score (nSPS) is 9.80. The van der Waals surface area contributed by atoms with E-state index in [1.165, 1.54) is 0 Å². The third-order valence-electron chi connectivity index (χ3n) is 1.41. The summed E-state index contributed by atoms with van der Waals surface area (Å²) in [7, 11) is 0. The van der Waals surface area contributed by atoms with E-state index in [-0.39, 0.29) is 6.61 Å². The van der Waals surface area contributed by atoms with Crippen molar-refractivity contribution in [1.82, 2.24) is 0 Å². The highest BCUT2D eigenvalue weighted by Crippen LogP contribution is 2.14. The van der Waals surface area contributed by atoms with Crippen LogP contribution < -0.4 is 0 Å². The molecular formula is C8H10O2. The molecule has 0 fully saturated rings. The smallest absolute Gasteiger partial charge is 0.126 e. The van der Waals surface area contributed by atoms with Crippen LogP contribution in [0, 0.1) is 6.92 Å². The molecule has 2 nitrogen and oxygen atoms in total. The highest BCUT2D eigenvalue weighted by molar-refractivity contribution is 5.42. The molecule has 0 aliphatic heterocycles. The van der Waals surface area contributed by atoms with Gasteiger partial charge in [0.15, 0.2) is 0 Å². The molecular weight excluding hydrogens is 128 g/mol. The lowest BCUT2D eigenvalue weighted by Crippen LogP contribution is -1.79. The van der Waals surface area contributed by atoms with Crippen molar-refractivity contribution in [3.05, 3.63) is 29.7 Å². The maximum Gasteiger partial charge on any atom is 0.126 e. The predicted molar refractivity (Wildman–Crippen MR) is 39.5 cm³/mol. The minimum atomic E-state index is 0.0309. The van der Waals surface area contributed by atoms with Crippen molar-refractivity contribution in [3.63, 3.8) is 0 Å². The number of furan rings is 1. The Hall–Kier alpha value is -1.02. The van der Waals surface area contributed by atoms with Gasteiger partial charge in [-0.1, -0.05) is 6.58 Å². The average Bonchev–Trinajstić information content (AvgIpc) is 2.30. The molecule has 1 aromatic rings. The fraction of sp³-hybridized carbons (Fsp3) is 0.250. The third-order valence-corrected chi connectivity index (χ3v) is 1.41. The zero-order valence-corrected chi connectivity index (χ0v) is 5.92. The number of aryl methyl sites for hydroxylation is 1. The molecule has 0 aliphatic carbocycles. The average molecular weight is 138 g/mol. The van der Waals surface area contributed by atoms with Crippen LogP contribution in [0.2, 0.25) is 0 Å². The molecule has 0 unspecified atom stereocenters. The number of rotatable bonds is 2. The van der Waals surface area contributed by atoms with Crippen LogP contribution in [0.25, 0.3) is 6.08 Å². The Kier molecular flexibility index (Phi) is 1.92. The van der Waals surface area contributed by atoms with Gasteiger partial charge in [-0.05, 0) is 19.1 Å². The van der Waals surface area contributed by atoms with Crippen molar-refractivity contribution in [2.24, 2.45) is 0 Å². The van der Waals surface area contributed by atoms with Crippen molar-refractivity contribution in [2.45, 2.75) is 13.5 Å². The Bertz CT molecular complexity index is 235. The van der Waals surface area contributed by atoms with Crippen molar-refractivity contribution in [3.8, 4) is 0 Å². The van der Waals surface area contributed by atoms with Crippen LogP contribution in [0.1, 0.15) is 17.1 Å². The Balaban J connectivity index is 3.03. The van der Waals surface area contributed by atoms with E-state index < -0.39 is 0 Å². The Morgan fingerprint density at radius 2 is 2.50 bits per heavy atom. The molecule has 0 aromatic carbocycles. The van der Waals surface area contributed by atoms with E-state index in [0.29, 0.717) is 5.76 Å². The summed E-state index contributed by atoms with van der Waals surface area (Å²) in [5.41, 5.74) is 0.829. The van der Waals surface area contributed by atoms with E-state index in [1.807, 2.05) is 6.92 Å². The molecule has 2 heteroatoms. The van der Waals surface area contributed by atoms with Gasteiger partial charge in [-0.15, -0.1) is 0 Å². The van der Waals surface area contributed by atoms with Gasteiger partial charge in [-0.3, -0.25) is 0 Å². The van der Waals surface area contributed by atoms with Gasteiger partial charge in [0, 0.05) is 5.56 Å². The number of hydrogen-bond donors (Lipinski definition) is 1. The zero-order valence-electron chi connectivity index (χ0n) is 5.92. The van der Waals surface area contributed by atoms with E-state index >= 15 is 0 Å². The molecule has 0 saturated heterocycles. The Morgan fingerprint density at radius 1 is 1.80 bits per heavy atom. The van der Waals surface area contributed by atoms with Crippen LogP contribution in [0.5, 0.6) is 0 Å². The van der Waals surface area contributed by atoms with Crippen LogP contribution >= 0.6 is 0 Å². The van der Waals surface area contributed by atoms with Crippen molar-refractivity contribution in [2.75, 3.05) is 0 Å². The molecule has 10 heavy (non-hydrogen) atoms. The first-order chi connectivity index (χ1) is 4.77. The van der Waals surface area contributed by atoms with Crippen LogP contribution in [0.15, 0.2) is 17.1 Å². The van der Waals surface area contributed by atoms with Crippen LogP contribution in [0.3, 0.4) is 0 Å². The summed E-state index contributed by atoms with van der Waals surface area (Å²) in [4.78, 5) is 0. The second-order valence-corrected chi connectivity index (χ2v) is 2.09. The lowest BCUT2D eigenvalue weighted by Gasteiger charge is -1.86. The van der Waals surface area contributed by atoms with Gasteiger partial charge in [-0.25, -0.2) is 0 Å². The van der Waals surface area contributed by atoms with Gasteiger partial charge in [0.25, 0.3) is 0 Å². The first-order valence-corrected chi connectivity index (χ1v) is 3.10. The fourth-order valence-corrected chi connectivity index (χ4v) is 0.803. The maximum atomic E-state index is 8.73. The van der Waals surface area contributed by atoms with E-state index in [1.54, 1.807) is 12.1 Å². The quantitative estimate of drug-likeness (QED) is 0.675. The SMILES string of the molecule is C=Cc1cc(CO)c(C)o1. The van der Waals surface area contributed by atoms with Gasteiger partial charge in [0.1, 0.15) is 11.5 Å². The summed E-state index contributed by atoms with van der Waals surface area (Å²) in [6.45, 7) is 5.39. The Labute approximate surface area is 59.8 Å². The number of aliphatic hydroxyl groups is 1. The summed E-state index contributed by atoms with van der Waals surface area (Å²) in [5, 5.41) is 8.73. The molecule has 1 rings (SSSR count). The standard InChI is InChI=1S/C8H10O2/c1-3-8-4-7(5-9)6(2)10-8/h3-4,9H,1,5H2,2H3. The summed E-state index contributed by atoms with van der Waals surface area (Å²) >= 11 is 0. The predicted octanol–water partition coefficient (Wildman–Crippen LogP) is 1.72. The molecule has 1 heterocycles. The largest absolute Gasteiger partial charge is 0.462 e. The number of aliphatic hydroxyl groups excluding tert-OH is 1. The summed E-state index contributed by atoms with van der Waals surface area (Å²) in [6.07, 6.45) is 1.62. The molecule has 0 atom stereocenters. The van der Waals surface area contributed by atoms with Gasteiger partial charge < -0.3 is 9.52 Å². The maximum absolute atomic E-state index is 8.73. The monoisotopic (exact) mass is 138 g/mol. The second-order valence-electron chi connectivity index (χ2n) is 2.09. The number of hydrogen-bond acceptors (Lipinski definition) is 2. The first-order valence-electron chi connectivity index (χ1n) is 3.10. The first kappa shape index (κ1) is 7.09. The molecule has 1 N–H and O–H groups in total. The summed E-state index contributed by atoms with van der Waals surface area (Å²) in [6, 6.07) is 1.78. The van der Waals surface area contributed by atoms with Gasteiger partial charge in [-0.2, -0.15) is 0 Å². The van der Waals surface area contributed by atoms with Crippen molar-refractivity contribution >= 4 is 6.08 Å². The molecule has 0 saturated carbocycles. The van der Waals surface area contributed by atoms with Gasteiger partial charge in [0.2, 0.25) is 0 Å². The molecule has 0 radical (unpaired) electrons. The molecule has 0 aliphatic rings. The fourth-order valence-electron chi connectivity index (χ4n) is 0.803. The highest BCUT2D eigenvalue weighted by Gasteiger charge is 2.01. The van der Waals surface area contributed by atoms with Gasteiger partial charge in [0.05, 0.1) is 6.61 Å². The van der Waals surface area contributed by atoms with Crippen molar-refractivity contribution < 1.29 is 9.52 Å². The molecule has 0 spiro atoms.